The maximum absolute atomic E-state index is 13.3. The van der Waals surface area contributed by atoms with Crippen molar-refractivity contribution in [3.05, 3.63) is 97.2 Å². The van der Waals surface area contributed by atoms with Crippen molar-refractivity contribution in [2.75, 3.05) is 19.8 Å². The molecule has 2 rings (SSSR count). The molecule has 2 saturated heterocycles. The second kappa shape index (κ2) is 57.8. The monoisotopic (exact) mass is 1240 g/mol. The summed E-state index contributed by atoms with van der Waals surface area (Å²) < 4.78 is 22.8. The molecule has 508 valence electrons. The van der Waals surface area contributed by atoms with Crippen LogP contribution < -0.4 is 5.32 Å². The zero-order valence-corrected chi connectivity index (χ0v) is 55.2. The van der Waals surface area contributed by atoms with Crippen LogP contribution in [0.2, 0.25) is 0 Å². The van der Waals surface area contributed by atoms with Gasteiger partial charge in [-0.15, -0.1) is 0 Å². The summed E-state index contributed by atoms with van der Waals surface area (Å²) in [6.45, 7) is 2.68. The number of aliphatic hydroxyl groups is 8. The number of nitrogens with one attached hydrogen (secondary N) is 1. The van der Waals surface area contributed by atoms with Gasteiger partial charge in [-0.2, -0.15) is 0 Å². The maximum Gasteiger partial charge on any atom is 0.220 e. The molecular formula is C74H129NO13. The van der Waals surface area contributed by atoms with Crippen molar-refractivity contribution in [2.24, 2.45) is 0 Å². The van der Waals surface area contributed by atoms with E-state index in [1.807, 2.05) is 6.08 Å². The van der Waals surface area contributed by atoms with Crippen LogP contribution in [-0.4, -0.2) is 140 Å². The number of hydrogen-bond donors (Lipinski definition) is 9. The lowest BCUT2D eigenvalue weighted by Crippen LogP contribution is -2.65. The SMILES string of the molecule is CC/C=C\C/C=C\C/C=C\C/C=C\C/C=C\CCCCCCCCCCCCCCCC(=O)NC(COC1OC(CO)C(OC2OC(CO)C(O)C(O)C2O)C(O)C1O)C(O)/C=C/CC/C=C/CC/C=C/CCCCCCCCCCCCCCCCC. The van der Waals surface area contributed by atoms with Crippen molar-refractivity contribution in [3.63, 3.8) is 0 Å². The lowest BCUT2D eigenvalue weighted by atomic mass is 9.97. The summed E-state index contributed by atoms with van der Waals surface area (Å²) in [5, 5.41) is 87.4. The molecule has 0 saturated carbocycles. The van der Waals surface area contributed by atoms with E-state index in [0.29, 0.717) is 12.8 Å². The highest BCUT2D eigenvalue weighted by Gasteiger charge is 2.51. The van der Waals surface area contributed by atoms with E-state index in [-0.39, 0.29) is 18.9 Å². The van der Waals surface area contributed by atoms with Gasteiger partial charge < -0.3 is 65.1 Å². The van der Waals surface area contributed by atoms with Gasteiger partial charge in [0.25, 0.3) is 0 Å². The summed E-state index contributed by atoms with van der Waals surface area (Å²) in [6, 6.07) is -0.946. The molecular weight excluding hydrogens is 1110 g/mol. The van der Waals surface area contributed by atoms with Gasteiger partial charge in [-0.3, -0.25) is 4.79 Å². The lowest BCUT2D eigenvalue weighted by Gasteiger charge is -2.46. The molecule has 0 bridgehead atoms. The fourth-order valence-corrected chi connectivity index (χ4v) is 11.1. The molecule has 0 aromatic heterocycles. The smallest absolute Gasteiger partial charge is 0.220 e. The Morgan fingerprint density at radius 3 is 1.25 bits per heavy atom. The van der Waals surface area contributed by atoms with Crippen molar-refractivity contribution in [1.82, 2.24) is 5.32 Å². The average Bonchev–Trinajstić information content (AvgIpc) is 2.07. The van der Waals surface area contributed by atoms with Crippen molar-refractivity contribution < 1.29 is 64.6 Å². The van der Waals surface area contributed by atoms with Gasteiger partial charge in [0.1, 0.15) is 48.8 Å². The van der Waals surface area contributed by atoms with Crippen LogP contribution in [-0.2, 0) is 23.7 Å². The Bertz CT molecular complexity index is 1850. The minimum Gasteiger partial charge on any atom is -0.394 e. The first-order valence-corrected chi connectivity index (χ1v) is 35.5. The standard InChI is InChI=1S/C74H129NO13/c1-3-5-7-9-11-13-15-17-19-21-23-25-27-29-30-31-32-34-36-38-40-42-44-46-48-50-52-54-56-58-66(79)75-62(61-85-73-71(84)69(82)72(65(60-77)87-73)88-74-70(83)68(81)67(80)64(59-76)86-74)63(78)57-55-53-51-49-47-45-43-41-39-37-35-33-28-26-24-22-20-18-16-14-12-10-8-6-4-2/h5,7,11,13,17,19,23,25,29-30,39,41,47,49,55,57,62-65,67-74,76-78,80-84H,3-4,6,8-10,12,14-16,18,20-22,24,26-28,31-38,40,42-46,48,50-54,56,58-61H2,1-2H3,(H,75,79)/b7-5-,13-11-,19-17-,25-23-,30-29-,41-39+,49-47+,57-55+. The Morgan fingerprint density at radius 2 is 0.795 bits per heavy atom. The van der Waals surface area contributed by atoms with E-state index in [4.69, 9.17) is 18.9 Å². The first-order chi connectivity index (χ1) is 43.1. The zero-order valence-electron chi connectivity index (χ0n) is 55.2. The van der Waals surface area contributed by atoms with Gasteiger partial charge in [0, 0.05) is 6.42 Å². The van der Waals surface area contributed by atoms with E-state index in [2.05, 4.69) is 104 Å². The summed E-state index contributed by atoms with van der Waals surface area (Å²) in [7, 11) is 0. The molecule has 0 radical (unpaired) electrons. The van der Waals surface area contributed by atoms with E-state index in [1.165, 1.54) is 154 Å². The predicted molar refractivity (Wildman–Crippen MR) is 359 cm³/mol. The second-order valence-corrected chi connectivity index (χ2v) is 24.6. The first kappa shape index (κ1) is 81.0. The van der Waals surface area contributed by atoms with Crippen LogP contribution in [0.15, 0.2) is 97.2 Å². The largest absolute Gasteiger partial charge is 0.394 e. The van der Waals surface area contributed by atoms with Gasteiger partial charge in [-0.1, -0.05) is 272 Å². The number of carbonyl (C=O) groups excluding carboxylic acids is 1. The fraction of sp³-hybridized carbons (Fsp3) is 0.770. The highest BCUT2D eigenvalue weighted by atomic mass is 16.7. The van der Waals surface area contributed by atoms with Gasteiger partial charge >= 0.3 is 0 Å². The summed E-state index contributed by atoms with van der Waals surface area (Å²) >= 11 is 0. The number of rotatable bonds is 57. The van der Waals surface area contributed by atoms with Crippen LogP contribution in [0.1, 0.15) is 271 Å². The number of carbonyl (C=O) groups is 1. The summed E-state index contributed by atoms with van der Waals surface area (Å²) in [4.78, 5) is 13.3. The molecule has 12 unspecified atom stereocenters. The van der Waals surface area contributed by atoms with E-state index in [0.717, 1.165) is 83.5 Å². The van der Waals surface area contributed by atoms with Gasteiger partial charge in [0.2, 0.25) is 5.91 Å². The predicted octanol–water partition coefficient (Wildman–Crippen LogP) is 14.6. The van der Waals surface area contributed by atoms with Crippen LogP contribution in [0.4, 0.5) is 0 Å². The van der Waals surface area contributed by atoms with Crippen molar-refractivity contribution in [2.45, 2.75) is 344 Å². The van der Waals surface area contributed by atoms with E-state index in [1.54, 1.807) is 6.08 Å². The second-order valence-electron chi connectivity index (χ2n) is 24.6. The number of allylic oxidation sites excluding steroid dienone is 15. The van der Waals surface area contributed by atoms with Crippen LogP contribution >= 0.6 is 0 Å². The number of hydrogen-bond acceptors (Lipinski definition) is 13. The number of amides is 1. The lowest BCUT2D eigenvalue weighted by molar-refractivity contribution is -0.359. The Labute approximate surface area is 534 Å². The third kappa shape index (κ3) is 41.4. The molecule has 12 atom stereocenters. The first-order valence-electron chi connectivity index (χ1n) is 35.5. The Hall–Kier alpha value is -3.09. The minimum atomic E-state index is -1.80. The summed E-state index contributed by atoms with van der Waals surface area (Å²) in [5.74, 6) is -0.256. The van der Waals surface area contributed by atoms with Crippen molar-refractivity contribution in [3.8, 4) is 0 Å². The van der Waals surface area contributed by atoms with Crippen molar-refractivity contribution in [1.29, 1.82) is 0 Å². The maximum atomic E-state index is 13.3. The van der Waals surface area contributed by atoms with Crippen LogP contribution in [0, 0.1) is 0 Å². The molecule has 14 nitrogen and oxygen atoms in total. The molecule has 0 aliphatic carbocycles. The molecule has 2 aliphatic heterocycles. The Balaban J connectivity index is 1.70. The van der Waals surface area contributed by atoms with Crippen LogP contribution in [0.5, 0.6) is 0 Å². The molecule has 14 heteroatoms. The molecule has 2 heterocycles. The molecule has 2 aliphatic rings. The topological polar surface area (TPSA) is 228 Å². The number of unbranched alkanes of at least 4 members (excludes halogenated alkanes) is 30. The third-order valence-electron chi connectivity index (χ3n) is 16.7. The van der Waals surface area contributed by atoms with E-state index >= 15 is 0 Å². The molecule has 0 aromatic carbocycles. The molecule has 9 N–H and O–H groups in total. The summed E-state index contributed by atoms with van der Waals surface area (Å²) in [6.07, 6.45) is 64.6. The zero-order chi connectivity index (χ0) is 63.8. The normalized spacial score (nSPS) is 23.8. The Kier molecular flexibility index (Phi) is 53.2. The molecule has 0 aromatic rings. The van der Waals surface area contributed by atoms with Gasteiger partial charge in [-0.05, 0) is 89.9 Å². The fourth-order valence-electron chi connectivity index (χ4n) is 11.1. The van der Waals surface area contributed by atoms with Crippen molar-refractivity contribution >= 4 is 5.91 Å². The van der Waals surface area contributed by atoms with E-state index in [9.17, 15) is 45.6 Å². The molecule has 1 amide bonds. The molecule has 88 heavy (non-hydrogen) atoms. The van der Waals surface area contributed by atoms with Gasteiger partial charge in [-0.25, -0.2) is 0 Å². The van der Waals surface area contributed by atoms with Crippen LogP contribution in [0.25, 0.3) is 0 Å². The third-order valence-corrected chi connectivity index (χ3v) is 16.7. The highest BCUT2D eigenvalue weighted by molar-refractivity contribution is 5.76. The van der Waals surface area contributed by atoms with E-state index < -0.39 is 86.8 Å². The quantitative estimate of drug-likeness (QED) is 0.0204. The molecule has 2 fully saturated rings. The summed E-state index contributed by atoms with van der Waals surface area (Å²) in [5.41, 5.74) is 0. The van der Waals surface area contributed by atoms with Gasteiger partial charge in [0.15, 0.2) is 12.6 Å². The van der Waals surface area contributed by atoms with Gasteiger partial charge in [0.05, 0.1) is 32.0 Å². The molecule has 0 spiro atoms. The number of aliphatic hydroxyl groups excluding tert-OH is 8. The average molecular weight is 1240 g/mol. The Morgan fingerprint density at radius 1 is 0.420 bits per heavy atom. The van der Waals surface area contributed by atoms with Crippen LogP contribution in [0.3, 0.4) is 0 Å². The number of ether oxygens (including phenoxy) is 4. The highest BCUT2D eigenvalue weighted by Crippen LogP contribution is 2.30. The minimum absolute atomic E-state index is 0.256.